The number of nitrogens with one attached hydrogen (secondary N) is 1. The minimum atomic E-state index is -0.112. The van der Waals surface area contributed by atoms with Crippen LogP contribution in [0.5, 0.6) is 11.5 Å². The lowest BCUT2D eigenvalue weighted by Crippen LogP contribution is -2.43. The fourth-order valence-electron chi connectivity index (χ4n) is 3.02. The van der Waals surface area contributed by atoms with Gasteiger partial charge in [0.15, 0.2) is 0 Å². The number of aromatic hydroxyl groups is 2. The van der Waals surface area contributed by atoms with Crippen LogP contribution < -0.4 is 5.32 Å². The maximum absolute atomic E-state index is 9.89. The summed E-state index contributed by atoms with van der Waals surface area (Å²) in [5.41, 5.74) is 0.702. The van der Waals surface area contributed by atoms with Crippen molar-refractivity contribution in [1.29, 1.82) is 0 Å². The van der Waals surface area contributed by atoms with E-state index >= 15 is 0 Å². The van der Waals surface area contributed by atoms with Gasteiger partial charge in [-0.3, -0.25) is 0 Å². The number of phenolic OH excluding ortho intramolecular Hbond substituents is 2. The Kier molecular flexibility index (Phi) is 4.51. The number of rotatable bonds is 4. The van der Waals surface area contributed by atoms with E-state index in [1.807, 2.05) is 6.92 Å². The first-order valence-electron chi connectivity index (χ1n) is 6.80. The number of hydrogen-bond acceptors (Lipinski definition) is 3. The van der Waals surface area contributed by atoms with Gasteiger partial charge >= 0.3 is 0 Å². The molecule has 19 heavy (non-hydrogen) atoms. The average Bonchev–Trinajstić information content (AvgIpc) is 2.11. The first-order valence-corrected chi connectivity index (χ1v) is 6.80. The van der Waals surface area contributed by atoms with Crippen LogP contribution in [-0.4, -0.2) is 15.8 Å². The topological polar surface area (TPSA) is 52.5 Å². The molecule has 0 heterocycles. The summed E-state index contributed by atoms with van der Waals surface area (Å²) < 4.78 is 0. The van der Waals surface area contributed by atoms with Crippen molar-refractivity contribution in [3.63, 3.8) is 0 Å². The summed E-state index contributed by atoms with van der Waals surface area (Å²) in [6, 6.07) is 4.73. The lowest BCUT2D eigenvalue weighted by molar-refractivity contribution is 0.224. The minimum absolute atomic E-state index is 0.0770. The second-order valence-corrected chi connectivity index (χ2v) is 7.20. The Bertz CT molecular complexity index is 413. The molecule has 0 spiro atoms. The maximum Gasteiger partial charge on any atom is 0.124 e. The lowest BCUT2D eigenvalue weighted by Gasteiger charge is -2.36. The molecule has 0 radical (unpaired) electrons. The molecule has 1 atom stereocenters. The van der Waals surface area contributed by atoms with Crippen LogP contribution in [0.3, 0.4) is 0 Å². The highest BCUT2D eigenvalue weighted by Crippen LogP contribution is 2.35. The first kappa shape index (κ1) is 15.8. The summed E-state index contributed by atoms with van der Waals surface area (Å²) in [5, 5.41) is 23.3. The van der Waals surface area contributed by atoms with Gasteiger partial charge in [0.1, 0.15) is 11.5 Å². The van der Waals surface area contributed by atoms with Gasteiger partial charge in [-0.05, 0) is 44.7 Å². The maximum atomic E-state index is 9.89. The van der Waals surface area contributed by atoms with Gasteiger partial charge in [0.2, 0.25) is 0 Å². The third-order valence-corrected chi connectivity index (χ3v) is 3.07. The van der Waals surface area contributed by atoms with Crippen LogP contribution in [0.25, 0.3) is 0 Å². The van der Waals surface area contributed by atoms with E-state index in [-0.39, 0.29) is 28.5 Å². The van der Waals surface area contributed by atoms with E-state index in [2.05, 4.69) is 39.9 Å². The third-order valence-electron chi connectivity index (χ3n) is 3.07. The fourth-order valence-corrected chi connectivity index (χ4v) is 3.02. The Morgan fingerprint density at radius 1 is 1.05 bits per heavy atom. The molecule has 0 saturated carbocycles. The second-order valence-electron chi connectivity index (χ2n) is 7.20. The predicted octanol–water partition coefficient (Wildman–Crippen LogP) is 3.96. The zero-order valence-corrected chi connectivity index (χ0v) is 12.9. The van der Waals surface area contributed by atoms with E-state index < -0.39 is 0 Å². The molecule has 0 aromatic heterocycles. The van der Waals surface area contributed by atoms with Crippen molar-refractivity contribution in [2.24, 2.45) is 5.41 Å². The molecule has 0 bridgehead atoms. The standard InChI is InChI=1S/C16H27NO2/c1-11(14-12(18)8-7-9-13(14)19)17-16(5,6)10-15(2,3)4/h7-9,11,17-19H,10H2,1-6H3. The van der Waals surface area contributed by atoms with Gasteiger partial charge in [-0.25, -0.2) is 0 Å². The molecule has 0 aliphatic carbocycles. The Hall–Kier alpha value is -1.22. The Morgan fingerprint density at radius 2 is 1.53 bits per heavy atom. The SMILES string of the molecule is CC(NC(C)(C)CC(C)(C)C)c1c(O)cccc1O. The Labute approximate surface area is 116 Å². The molecule has 0 aliphatic heterocycles. The van der Waals surface area contributed by atoms with Crippen LogP contribution >= 0.6 is 0 Å². The third kappa shape index (κ3) is 4.75. The molecule has 1 unspecified atom stereocenters. The van der Waals surface area contributed by atoms with E-state index in [1.165, 1.54) is 0 Å². The number of phenols is 2. The van der Waals surface area contributed by atoms with E-state index in [0.29, 0.717) is 5.56 Å². The van der Waals surface area contributed by atoms with Gasteiger partial charge in [0, 0.05) is 11.6 Å². The molecule has 0 aliphatic rings. The molecule has 3 N–H and O–H groups in total. The summed E-state index contributed by atoms with van der Waals surface area (Å²) in [4.78, 5) is 0. The average molecular weight is 265 g/mol. The van der Waals surface area contributed by atoms with E-state index in [9.17, 15) is 10.2 Å². The second kappa shape index (κ2) is 5.41. The molecule has 108 valence electrons. The molecular formula is C16H27NO2. The van der Waals surface area contributed by atoms with Gasteiger partial charge in [-0.1, -0.05) is 26.8 Å². The molecule has 0 fully saturated rings. The smallest absolute Gasteiger partial charge is 0.124 e. The largest absolute Gasteiger partial charge is 0.507 e. The zero-order chi connectivity index (χ0) is 14.8. The predicted molar refractivity (Wildman–Crippen MR) is 79.5 cm³/mol. The Morgan fingerprint density at radius 3 is 1.95 bits per heavy atom. The van der Waals surface area contributed by atoms with Crippen molar-refractivity contribution in [1.82, 2.24) is 5.32 Å². The molecule has 0 amide bonds. The van der Waals surface area contributed by atoms with Gasteiger partial charge in [-0.2, -0.15) is 0 Å². The molecule has 1 rings (SSSR count). The van der Waals surface area contributed by atoms with Crippen molar-refractivity contribution < 1.29 is 10.2 Å². The minimum Gasteiger partial charge on any atom is -0.507 e. The van der Waals surface area contributed by atoms with Crippen LogP contribution in [0.1, 0.15) is 59.6 Å². The summed E-state index contributed by atoms with van der Waals surface area (Å²) in [7, 11) is 0. The van der Waals surface area contributed by atoms with Crippen LogP contribution in [0.2, 0.25) is 0 Å². The first-order chi connectivity index (χ1) is 8.52. The van der Waals surface area contributed by atoms with Crippen molar-refractivity contribution in [2.45, 2.75) is 59.5 Å². The summed E-state index contributed by atoms with van der Waals surface area (Å²) in [5.74, 6) is 0.262. The molecule has 3 heteroatoms. The van der Waals surface area contributed by atoms with Crippen LogP contribution in [0, 0.1) is 5.41 Å². The summed E-state index contributed by atoms with van der Waals surface area (Å²) >= 11 is 0. The van der Waals surface area contributed by atoms with Crippen molar-refractivity contribution in [3.05, 3.63) is 23.8 Å². The van der Waals surface area contributed by atoms with Gasteiger partial charge in [-0.15, -0.1) is 0 Å². The van der Waals surface area contributed by atoms with Crippen LogP contribution in [0.15, 0.2) is 18.2 Å². The molecule has 1 aromatic rings. The number of benzene rings is 1. The van der Waals surface area contributed by atoms with Gasteiger partial charge < -0.3 is 15.5 Å². The number of hydrogen-bond donors (Lipinski definition) is 3. The summed E-state index contributed by atoms with van der Waals surface area (Å²) in [6.45, 7) is 12.9. The monoisotopic (exact) mass is 265 g/mol. The van der Waals surface area contributed by atoms with Gasteiger partial charge in [0.25, 0.3) is 0 Å². The quantitative estimate of drug-likeness (QED) is 0.772. The van der Waals surface area contributed by atoms with Crippen LogP contribution in [0.4, 0.5) is 0 Å². The van der Waals surface area contributed by atoms with Crippen molar-refractivity contribution in [3.8, 4) is 11.5 Å². The highest BCUT2D eigenvalue weighted by Gasteiger charge is 2.28. The normalized spacial score (nSPS) is 14.4. The van der Waals surface area contributed by atoms with Gasteiger partial charge in [0.05, 0.1) is 5.56 Å². The van der Waals surface area contributed by atoms with E-state index in [4.69, 9.17) is 0 Å². The molecule has 3 nitrogen and oxygen atoms in total. The van der Waals surface area contributed by atoms with E-state index in [1.54, 1.807) is 18.2 Å². The molecule has 1 aromatic carbocycles. The Balaban J connectivity index is 2.88. The fraction of sp³-hybridized carbons (Fsp3) is 0.625. The van der Waals surface area contributed by atoms with Crippen molar-refractivity contribution >= 4 is 0 Å². The highest BCUT2D eigenvalue weighted by molar-refractivity contribution is 5.45. The van der Waals surface area contributed by atoms with Crippen molar-refractivity contribution in [2.75, 3.05) is 0 Å². The summed E-state index contributed by atoms with van der Waals surface area (Å²) in [6.07, 6.45) is 0.999. The van der Waals surface area contributed by atoms with E-state index in [0.717, 1.165) is 6.42 Å². The molecular weight excluding hydrogens is 238 g/mol. The van der Waals surface area contributed by atoms with Crippen LogP contribution in [-0.2, 0) is 0 Å². The highest BCUT2D eigenvalue weighted by atomic mass is 16.3. The zero-order valence-electron chi connectivity index (χ0n) is 12.9. The lowest BCUT2D eigenvalue weighted by atomic mass is 9.81. The molecule has 0 saturated heterocycles.